The first-order valence-corrected chi connectivity index (χ1v) is 10.1. The maximum Gasteiger partial charge on any atom is 0.192 e. The summed E-state index contributed by atoms with van der Waals surface area (Å²) < 4.78 is 2.30. The summed E-state index contributed by atoms with van der Waals surface area (Å²) in [7, 11) is 0. The normalized spacial score (nSPS) is 14.6. The fraction of sp³-hybridized carbons (Fsp3) is 0.381. The predicted molar refractivity (Wildman–Crippen MR) is 106 cm³/mol. The van der Waals surface area contributed by atoms with Crippen LogP contribution in [0.4, 0.5) is 0 Å². The van der Waals surface area contributed by atoms with E-state index in [2.05, 4.69) is 70.9 Å². The highest BCUT2D eigenvalue weighted by Crippen LogP contribution is 2.41. The van der Waals surface area contributed by atoms with Gasteiger partial charge in [0.1, 0.15) is 0 Å². The molecule has 2 heterocycles. The Bertz CT molecular complexity index is 875. The fourth-order valence-corrected chi connectivity index (χ4v) is 3.94. The van der Waals surface area contributed by atoms with E-state index < -0.39 is 0 Å². The van der Waals surface area contributed by atoms with E-state index in [1.54, 1.807) is 18.0 Å². The van der Waals surface area contributed by atoms with Crippen molar-refractivity contribution in [2.45, 2.75) is 56.0 Å². The molecule has 1 aromatic carbocycles. The molecule has 4 nitrogen and oxygen atoms in total. The molecule has 0 N–H and O–H groups in total. The Hall–Kier alpha value is -2.14. The highest BCUT2D eigenvalue weighted by atomic mass is 32.2. The van der Waals surface area contributed by atoms with Gasteiger partial charge in [-0.15, -0.1) is 10.2 Å². The first kappa shape index (κ1) is 17.3. The largest absolute Gasteiger partial charge is 0.299 e. The van der Waals surface area contributed by atoms with Crippen LogP contribution in [0.15, 0.2) is 53.9 Å². The monoisotopic (exact) mass is 364 g/mol. The lowest BCUT2D eigenvalue weighted by Gasteiger charge is -2.19. The van der Waals surface area contributed by atoms with Crippen LogP contribution in [0.2, 0.25) is 0 Å². The predicted octanol–water partition coefficient (Wildman–Crippen LogP) is 5.26. The standard InChI is InChI=1S/C21H24N4S/c1-21(2,3)17-8-6-15(7-9-17)14-26-20-24-23-19(25(20)18-10-11-18)16-5-4-12-22-13-16/h4-9,12-13,18H,10-11,14H2,1-3H3. The van der Waals surface area contributed by atoms with Crippen molar-refractivity contribution in [1.82, 2.24) is 19.7 Å². The Balaban J connectivity index is 1.53. The van der Waals surface area contributed by atoms with Gasteiger partial charge in [-0.25, -0.2) is 0 Å². The van der Waals surface area contributed by atoms with Gasteiger partial charge in [0.05, 0.1) is 0 Å². The van der Waals surface area contributed by atoms with E-state index >= 15 is 0 Å². The highest BCUT2D eigenvalue weighted by Gasteiger charge is 2.30. The summed E-state index contributed by atoms with van der Waals surface area (Å²) in [6.07, 6.45) is 6.07. The zero-order valence-corrected chi connectivity index (χ0v) is 16.3. The summed E-state index contributed by atoms with van der Waals surface area (Å²) in [4.78, 5) is 4.22. The molecule has 0 spiro atoms. The number of nitrogens with zero attached hydrogens (tertiary/aromatic N) is 4. The number of thioether (sulfide) groups is 1. The number of hydrogen-bond acceptors (Lipinski definition) is 4. The zero-order valence-electron chi connectivity index (χ0n) is 15.5. The Labute approximate surface area is 159 Å². The molecule has 1 aliphatic carbocycles. The number of rotatable bonds is 5. The molecule has 3 aromatic rings. The lowest BCUT2D eigenvalue weighted by molar-refractivity contribution is 0.590. The molecule has 0 amide bonds. The minimum absolute atomic E-state index is 0.191. The molecule has 2 aromatic heterocycles. The average Bonchev–Trinajstić information content (AvgIpc) is 3.39. The van der Waals surface area contributed by atoms with Crippen molar-refractivity contribution in [3.63, 3.8) is 0 Å². The van der Waals surface area contributed by atoms with E-state index in [1.165, 1.54) is 24.0 Å². The van der Waals surface area contributed by atoms with Crippen LogP contribution >= 0.6 is 11.8 Å². The molecule has 0 unspecified atom stereocenters. The van der Waals surface area contributed by atoms with E-state index in [0.717, 1.165) is 22.3 Å². The Morgan fingerprint density at radius 3 is 2.46 bits per heavy atom. The summed E-state index contributed by atoms with van der Waals surface area (Å²) >= 11 is 1.77. The molecule has 0 bridgehead atoms. The van der Waals surface area contributed by atoms with Crippen molar-refractivity contribution >= 4 is 11.8 Å². The molecular weight excluding hydrogens is 340 g/mol. The van der Waals surface area contributed by atoms with Crippen LogP contribution in [-0.2, 0) is 11.2 Å². The summed E-state index contributed by atoms with van der Waals surface area (Å²) in [5, 5.41) is 9.94. The van der Waals surface area contributed by atoms with E-state index in [9.17, 15) is 0 Å². The lowest BCUT2D eigenvalue weighted by Crippen LogP contribution is -2.10. The van der Waals surface area contributed by atoms with E-state index in [-0.39, 0.29) is 5.41 Å². The fourth-order valence-electron chi connectivity index (χ4n) is 2.98. The van der Waals surface area contributed by atoms with Gasteiger partial charge in [-0.1, -0.05) is 56.8 Å². The number of benzene rings is 1. The van der Waals surface area contributed by atoms with Crippen LogP contribution in [-0.4, -0.2) is 19.7 Å². The van der Waals surface area contributed by atoms with Gasteiger partial charge in [0.25, 0.3) is 0 Å². The third-order valence-corrected chi connectivity index (χ3v) is 5.70. The lowest BCUT2D eigenvalue weighted by atomic mass is 9.87. The van der Waals surface area contributed by atoms with Gasteiger partial charge in [-0.3, -0.25) is 9.55 Å². The molecule has 0 aliphatic heterocycles. The van der Waals surface area contributed by atoms with E-state index in [4.69, 9.17) is 0 Å². The summed E-state index contributed by atoms with van der Waals surface area (Å²) in [6, 6.07) is 13.5. The molecule has 134 valence electrons. The van der Waals surface area contributed by atoms with Crippen LogP contribution in [0.25, 0.3) is 11.4 Å². The number of aromatic nitrogens is 4. The topological polar surface area (TPSA) is 43.6 Å². The minimum atomic E-state index is 0.191. The molecule has 5 heteroatoms. The van der Waals surface area contributed by atoms with E-state index in [0.29, 0.717) is 6.04 Å². The second-order valence-electron chi connectivity index (χ2n) is 7.88. The third-order valence-electron chi connectivity index (χ3n) is 4.68. The van der Waals surface area contributed by atoms with Gasteiger partial charge in [-0.05, 0) is 41.5 Å². The quantitative estimate of drug-likeness (QED) is 0.579. The molecule has 4 rings (SSSR count). The Kier molecular flexibility index (Phi) is 4.57. The van der Waals surface area contributed by atoms with Crippen molar-refractivity contribution in [1.29, 1.82) is 0 Å². The molecule has 1 saturated carbocycles. The smallest absolute Gasteiger partial charge is 0.192 e. The first-order valence-electron chi connectivity index (χ1n) is 9.10. The maximum absolute atomic E-state index is 4.47. The SMILES string of the molecule is CC(C)(C)c1ccc(CSc2nnc(-c3cccnc3)n2C2CC2)cc1. The molecule has 0 radical (unpaired) electrons. The maximum atomic E-state index is 4.47. The van der Waals surface area contributed by atoms with Gasteiger partial charge in [0, 0.05) is 29.8 Å². The highest BCUT2D eigenvalue weighted by molar-refractivity contribution is 7.98. The summed E-state index contributed by atoms with van der Waals surface area (Å²) in [5.41, 5.74) is 3.91. The van der Waals surface area contributed by atoms with Crippen LogP contribution < -0.4 is 0 Å². The summed E-state index contributed by atoms with van der Waals surface area (Å²) in [5.74, 6) is 1.84. The van der Waals surface area contributed by atoms with Gasteiger partial charge in [-0.2, -0.15) is 0 Å². The number of pyridine rings is 1. The molecule has 26 heavy (non-hydrogen) atoms. The van der Waals surface area contributed by atoms with Gasteiger partial charge < -0.3 is 0 Å². The van der Waals surface area contributed by atoms with Gasteiger partial charge in [0.2, 0.25) is 0 Å². The molecule has 1 aliphatic rings. The first-order chi connectivity index (χ1) is 12.5. The zero-order chi connectivity index (χ0) is 18.1. The van der Waals surface area contributed by atoms with Crippen LogP contribution in [0.5, 0.6) is 0 Å². The minimum Gasteiger partial charge on any atom is -0.299 e. The van der Waals surface area contributed by atoms with E-state index in [1.807, 2.05) is 12.3 Å². The molecule has 1 fully saturated rings. The van der Waals surface area contributed by atoms with Gasteiger partial charge >= 0.3 is 0 Å². The van der Waals surface area contributed by atoms with Crippen LogP contribution in [0.1, 0.15) is 50.8 Å². The molecule has 0 atom stereocenters. The van der Waals surface area contributed by atoms with Gasteiger partial charge in [0.15, 0.2) is 11.0 Å². The van der Waals surface area contributed by atoms with Crippen LogP contribution in [0.3, 0.4) is 0 Å². The van der Waals surface area contributed by atoms with Crippen LogP contribution in [0, 0.1) is 0 Å². The van der Waals surface area contributed by atoms with Crippen molar-refractivity contribution < 1.29 is 0 Å². The second-order valence-corrected chi connectivity index (χ2v) is 8.83. The van der Waals surface area contributed by atoms with Crippen molar-refractivity contribution in [2.75, 3.05) is 0 Å². The number of hydrogen-bond donors (Lipinski definition) is 0. The second kappa shape index (κ2) is 6.88. The third kappa shape index (κ3) is 3.68. The molecular formula is C21H24N4S. The molecule has 0 saturated heterocycles. The Morgan fingerprint density at radius 2 is 1.85 bits per heavy atom. The average molecular weight is 365 g/mol. The van der Waals surface area contributed by atoms with Crippen molar-refractivity contribution in [3.05, 3.63) is 59.9 Å². The van der Waals surface area contributed by atoms with Crippen molar-refractivity contribution in [3.8, 4) is 11.4 Å². The van der Waals surface area contributed by atoms with Crippen molar-refractivity contribution in [2.24, 2.45) is 0 Å². The Morgan fingerprint density at radius 1 is 1.08 bits per heavy atom. The summed E-state index contributed by atoms with van der Waals surface area (Å²) in [6.45, 7) is 6.73.